The molecule has 2 heterocycles. The van der Waals surface area contributed by atoms with E-state index in [0.717, 1.165) is 37.1 Å². The van der Waals surface area contributed by atoms with E-state index in [0.29, 0.717) is 5.76 Å². The minimum absolute atomic E-state index is 0.0727. The van der Waals surface area contributed by atoms with Gasteiger partial charge in [-0.25, -0.2) is 0 Å². The van der Waals surface area contributed by atoms with Gasteiger partial charge in [0.1, 0.15) is 12.3 Å². The van der Waals surface area contributed by atoms with E-state index in [-0.39, 0.29) is 10.8 Å². The maximum atomic E-state index is 11.2. The topological polar surface area (TPSA) is 26.5 Å². The number of aliphatic hydroxyl groups excluding tert-OH is 1. The van der Waals surface area contributed by atoms with Gasteiger partial charge in [0.2, 0.25) is 5.69 Å². The summed E-state index contributed by atoms with van der Waals surface area (Å²) in [4.78, 5) is 2.42. The van der Waals surface area contributed by atoms with Gasteiger partial charge in [0.25, 0.3) is 0 Å². The molecule has 2 aromatic rings. The Labute approximate surface area is 229 Å². The molecule has 5 rings (SSSR count). The normalized spacial score (nSPS) is 21.9. The molecule has 2 aliphatic heterocycles. The minimum Gasteiger partial charge on any atom is -0.507 e. The molecule has 0 fully saturated rings. The maximum Gasteiger partial charge on any atom is 0.209 e. The molecule has 0 amide bonds. The van der Waals surface area contributed by atoms with Gasteiger partial charge in [-0.3, -0.25) is 0 Å². The smallest absolute Gasteiger partial charge is 0.209 e. The second-order valence-electron chi connectivity index (χ2n) is 12.1. The first-order valence-electron chi connectivity index (χ1n) is 14.2. The first-order chi connectivity index (χ1) is 18.0. The van der Waals surface area contributed by atoms with Crippen LogP contribution >= 0.6 is 0 Å². The van der Waals surface area contributed by atoms with Crippen molar-refractivity contribution in [3.05, 3.63) is 106 Å². The first-order valence-corrected chi connectivity index (χ1v) is 14.2. The molecule has 0 saturated heterocycles. The van der Waals surface area contributed by atoms with Crippen LogP contribution in [0.25, 0.3) is 0 Å². The van der Waals surface area contributed by atoms with Crippen LogP contribution in [-0.2, 0) is 10.8 Å². The monoisotopic (exact) mass is 507 g/mol. The summed E-state index contributed by atoms with van der Waals surface area (Å²) >= 11 is 0. The molecule has 0 spiro atoms. The maximum absolute atomic E-state index is 11.2. The van der Waals surface area contributed by atoms with Crippen molar-refractivity contribution in [2.24, 2.45) is 0 Å². The second-order valence-corrected chi connectivity index (χ2v) is 12.1. The van der Waals surface area contributed by atoms with Gasteiger partial charge in [0.15, 0.2) is 5.71 Å². The fraction of sp³-hybridized carbons (Fsp3) is 0.400. The molecule has 2 aromatic carbocycles. The summed E-state index contributed by atoms with van der Waals surface area (Å²) in [5.74, 6) is 0.443. The average Bonchev–Trinajstić information content (AvgIpc) is 3.41. The molecule has 3 nitrogen and oxygen atoms in total. The lowest BCUT2D eigenvalue weighted by molar-refractivity contribution is -0.433. The van der Waals surface area contributed by atoms with E-state index in [2.05, 4.69) is 126 Å². The van der Waals surface area contributed by atoms with Crippen LogP contribution in [0.4, 0.5) is 11.4 Å². The lowest BCUT2D eigenvalue weighted by Crippen LogP contribution is -2.27. The van der Waals surface area contributed by atoms with E-state index >= 15 is 0 Å². The van der Waals surface area contributed by atoms with Gasteiger partial charge in [0.05, 0.1) is 5.41 Å². The number of allylic oxidation sites excluding steroid dienone is 7. The van der Waals surface area contributed by atoms with E-state index in [9.17, 15) is 5.11 Å². The van der Waals surface area contributed by atoms with E-state index in [4.69, 9.17) is 0 Å². The molecule has 0 aromatic heterocycles. The fourth-order valence-electron chi connectivity index (χ4n) is 6.66. The summed E-state index contributed by atoms with van der Waals surface area (Å²) in [6.45, 7) is 19.8. The van der Waals surface area contributed by atoms with E-state index in [1.54, 1.807) is 0 Å². The Morgan fingerprint density at radius 1 is 0.868 bits per heavy atom. The Kier molecular flexibility index (Phi) is 6.54. The molecule has 0 atom stereocenters. The van der Waals surface area contributed by atoms with E-state index in [1.807, 2.05) is 0 Å². The fourth-order valence-corrected chi connectivity index (χ4v) is 6.66. The summed E-state index contributed by atoms with van der Waals surface area (Å²) in [6.07, 6.45) is 10.5. The van der Waals surface area contributed by atoms with Gasteiger partial charge in [-0.1, -0.05) is 49.2 Å². The van der Waals surface area contributed by atoms with Gasteiger partial charge < -0.3 is 10.0 Å². The number of aryl methyl sites for hydroxylation is 2. The van der Waals surface area contributed by atoms with Crippen LogP contribution in [0.3, 0.4) is 0 Å². The lowest BCUT2D eigenvalue weighted by Gasteiger charge is -2.26. The molecule has 0 bridgehead atoms. The Hall–Kier alpha value is -3.33. The van der Waals surface area contributed by atoms with Crippen LogP contribution in [-0.4, -0.2) is 28.5 Å². The zero-order valence-electron chi connectivity index (χ0n) is 24.4. The largest absolute Gasteiger partial charge is 0.507 e. The molecule has 0 radical (unpaired) electrons. The van der Waals surface area contributed by atoms with Crippen molar-refractivity contribution in [2.45, 2.75) is 79.1 Å². The Bertz CT molecular complexity index is 1460. The number of hydrogen-bond donors (Lipinski definition) is 1. The molecule has 0 unspecified atom stereocenters. The SMILES string of the molecule is CCN1/C(=C/C=C2\CCC(/C=C/C3=[N+](CC)c4ccc(C)cc4C3(C)C)=C2O)C(C)(C)c2cc(C)ccc21. The molecular formula is C35H43N2O+. The van der Waals surface area contributed by atoms with Crippen molar-refractivity contribution >= 4 is 17.1 Å². The summed E-state index contributed by atoms with van der Waals surface area (Å²) in [6, 6.07) is 13.5. The lowest BCUT2D eigenvalue weighted by atomic mass is 9.80. The highest BCUT2D eigenvalue weighted by Gasteiger charge is 2.44. The van der Waals surface area contributed by atoms with Gasteiger partial charge in [0, 0.05) is 41.1 Å². The number of likely N-dealkylation sites (N-methyl/N-ethyl adjacent to an activating group) is 1. The molecule has 1 N–H and O–H groups in total. The minimum atomic E-state index is -0.0727. The first kappa shape index (κ1) is 26.3. The van der Waals surface area contributed by atoms with Crippen LogP contribution in [0.2, 0.25) is 0 Å². The van der Waals surface area contributed by atoms with Gasteiger partial charge in [-0.2, -0.15) is 4.58 Å². The van der Waals surface area contributed by atoms with Gasteiger partial charge >= 0.3 is 0 Å². The van der Waals surface area contributed by atoms with Crippen molar-refractivity contribution in [3.63, 3.8) is 0 Å². The number of anilines is 1. The third-order valence-electron chi connectivity index (χ3n) is 8.88. The highest BCUT2D eigenvalue weighted by atomic mass is 16.3. The summed E-state index contributed by atoms with van der Waals surface area (Å²) < 4.78 is 2.42. The Morgan fingerprint density at radius 3 is 2.24 bits per heavy atom. The van der Waals surface area contributed by atoms with Crippen LogP contribution in [0.5, 0.6) is 0 Å². The van der Waals surface area contributed by atoms with Crippen molar-refractivity contribution in [2.75, 3.05) is 18.0 Å². The summed E-state index contributed by atoms with van der Waals surface area (Å²) in [7, 11) is 0. The number of fused-ring (bicyclic) bond motifs is 2. The summed E-state index contributed by atoms with van der Waals surface area (Å²) in [5, 5.41) is 11.2. The highest BCUT2D eigenvalue weighted by Crippen LogP contribution is 2.48. The van der Waals surface area contributed by atoms with E-state index < -0.39 is 0 Å². The molecule has 38 heavy (non-hydrogen) atoms. The zero-order valence-corrected chi connectivity index (χ0v) is 24.4. The van der Waals surface area contributed by atoms with Crippen LogP contribution in [0.15, 0.2) is 83.3 Å². The predicted octanol–water partition coefficient (Wildman–Crippen LogP) is 8.49. The number of benzene rings is 2. The zero-order chi connectivity index (χ0) is 27.4. The van der Waals surface area contributed by atoms with Crippen molar-refractivity contribution in [1.82, 2.24) is 0 Å². The number of rotatable bonds is 5. The number of aliphatic hydroxyl groups is 1. The number of hydrogen-bond acceptors (Lipinski definition) is 2. The predicted molar refractivity (Wildman–Crippen MR) is 161 cm³/mol. The van der Waals surface area contributed by atoms with E-state index in [1.165, 1.54) is 45.0 Å². The van der Waals surface area contributed by atoms with Gasteiger partial charge in [-0.15, -0.1) is 0 Å². The van der Waals surface area contributed by atoms with Crippen LogP contribution < -0.4 is 4.90 Å². The van der Waals surface area contributed by atoms with Crippen LogP contribution in [0.1, 0.15) is 76.6 Å². The Morgan fingerprint density at radius 2 is 1.55 bits per heavy atom. The quantitative estimate of drug-likeness (QED) is 0.411. The van der Waals surface area contributed by atoms with Crippen molar-refractivity contribution < 1.29 is 9.68 Å². The molecule has 3 aliphatic rings. The van der Waals surface area contributed by atoms with Crippen LogP contribution in [0, 0.1) is 13.8 Å². The van der Waals surface area contributed by atoms with Gasteiger partial charge in [-0.05, 0) is 95.4 Å². The molecule has 0 saturated carbocycles. The third kappa shape index (κ3) is 4.08. The summed E-state index contributed by atoms with van der Waals surface area (Å²) in [5.41, 5.74) is 12.4. The average molecular weight is 508 g/mol. The highest BCUT2D eigenvalue weighted by molar-refractivity contribution is 6.03. The van der Waals surface area contributed by atoms with Crippen molar-refractivity contribution in [3.8, 4) is 0 Å². The second kappa shape index (κ2) is 9.45. The third-order valence-corrected chi connectivity index (χ3v) is 8.88. The van der Waals surface area contributed by atoms with Crippen molar-refractivity contribution in [1.29, 1.82) is 0 Å². The molecular weight excluding hydrogens is 464 g/mol. The standard InChI is InChI=1S/C35H42N2O/c1-9-36-29-17-11-23(3)21-27(29)34(5,6)31(36)19-15-25-13-14-26(33(25)38)16-20-32-35(7,8)28-22-24(4)12-18-30(28)37(32)10-2/h11-12,15-22H,9-10,13-14H2,1-8H3/p+1/b25-15+,31-19+. The Balaban J connectivity index is 1.46. The molecule has 1 aliphatic carbocycles. The number of nitrogens with zero attached hydrogens (tertiary/aromatic N) is 2. The molecule has 198 valence electrons. The molecule has 3 heteroatoms.